The number of anilines is 3. The molecule has 0 aliphatic carbocycles. The summed E-state index contributed by atoms with van der Waals surface area (Å²) >= 11 is 0. The van der Waals surface area contributed by atoms with Crippen LogP contribution in [0.1, 0.15) is 132 Å². The first-order chi connectivity index (χ1) is 38.1. The number of carbonyl (C=O) groups is 5. The molecule has 0 aliphatic rings. The van der Waals surface area contributed by atoms with Crippen molar-refractivity contribution in [3.05, 3.63) is 216 Å². The zero-order valence-corrected chi connectivity index (χ0v) is 44.3. The Morgan fingerprint density at radius 2 is 0.872 bits per heavy atom. The lowest BCUT2D eigenvalue weighted by Gasteiger charge is -2.08. The van der Waals surface area contributed by atoms with Crippen molar-refractivity contribution in [3.8, 4) is 11.4 Å². The van der Waals surface area contributed by atoms with Crippen molar-refractivity contribution < 1.29 is 24.0 Å². The van der Waals surface area contributed by atoms with Crippen LogP contribution in [0.5, 0.6) is 0 Å². The predicted molar refractivity (Wildman–Crippen MR) is 306 cm³/mol. The van der Waals surface area contributed by atoms with E-state index in [1.807, 2.05) is 121 Å². The molecule has 2 aromatic heterocycles. The minimum absolute atomic E-state index is 0.0259. The summed E-state index contributed by atoms with van der Waals surface area (Å²) in [4.78, 5) is 72.0. The summed E-state index contributed by atoms with van der Waals surface area (Å²) in [6.45, 7) is 9.23. The highest BCUT2D eigenvalue weighted by Crippen LogP contribution is 2.22. The Kier molecular flexibility index (Phi) is 21.5. The first-order valence-corrected chi connectivity index (χ1v) is 26.5. The molecule has 16 nitrogen and oxygen atoms in total. The summed E-state index contributed by atoms with van der Waals surface area (Å²) in [5.41, 5.74) is 6.34. The van der Waals surface area contributed by atoms with Crippen LogP contribution in [-0.4, -0.2) is 58.9 Å². The number of para-hydroxylation sites is 2. The average molecular weight is 1050 g/mol. The van der Waals surface area contributed by atoms with Gasteiger partial charge in [-0.1, -0.05) is 180 Å². The van der Waals surface area contributed by atoms with Gasteiger partial charge >= 0.3 is 0 Å². The normalized spacial score (nSPS) is 10.6. The molecule has 400 valence electrons. The SMILES string of the molecule is C=C(Nc1nc(NC(=O)c2ccc(CNC(=O)CCCCCC)cc2)n(-c2ccccc2)n1)c1ccccc1.CCCCCCC(=O)NCc1ccc(C(=O)Cc2nc(NC(=O)c3ccccc3)n(-c3ccccc3)n2)cc1. The Bertz CT molecular complexity index is 3200. The molecular weight excluding hydrogens is 979 g/mol. The van der Waals surface area contributed by atoms with E-state index in [1.54, 1.807) is 53.2 Å². The third-order valence-electron chi connectivity index (χ3n) is 12.4. The number of nitrogens with one attached hydrogen (secondary N) is 5. The summed E-state index contributed by atoms with van der Waals surface area (Å²) in [6.07, 6.45) is 9.59. The smallest absolute Gasteiger partial charge is 0.258 e. The van der Waals surface area contributed by atoms with Gasteiger partial charge in [-0.05, 0) is 78.1 Å². The highest BCUT2D eigenvalue weighted by atomic mass is 16.2. The summed E-state index contributed by atoms with van der Waals surface area (Å²) < 4.78 is 3.10. The van der Waals surface area contributed by atoms with Gasteiger partial charge in [0.25, 0.3) is 11.8 Å². The van der Waals surface area contributed by atoms with Crippen molar-refractivity contribution in [3.63, 3.8) is 0 Å². The van der Waals surface area contributed by atoms with E-state index in [1.165, 1.54) is 4.68 Å². The van der Waals surface area contributed by atoms with Crippen LogP contribution < -0.4 is 26.6 Å². The third kappa shape index (κ3) is 17.4. The van der Waals surface area contributed by atoms with Gasteiger partial charge < -0.3 is 16.0 Å². The maximum atomic E-state index is 13.1. The fourth-order valence-corrected chi connectivity index (χ4v) is 8.07. The Morgan fingerprint density at radius 3 is 1.36 bits per heavy atom. The zero-order chi connectivity index (χ0) is 54.9. The first-order valence-electron chi connectivity index (χ1n) is 26.5. The number of amides is 4. The second kappa shape index (κ2) is 29.7. The van der Waals surface area contributed by atoms with Crippen LogP contribution in [0.3, 0.4) is 0 Å². The lowest BCUT2D eigenvalue weighted by molar-refractivity contribution is -0.122. The van der Waals surface area contributed by atoms with Crippen molar-refractivity contribution >= 4 is 53.0 Å². The van der Waals surface area contributed by atoms with Crippen molar-refractivity contribution in [1.82, 2.24) is 40.2 Å². The zero-order valence-electron chi connectivity index (χ0n) is 44.3. The summed E-state index contributed by atoms with van der Waals surface area (Å²) in [5.74, 6) is 0.422. The topological polar surface area (TPSA) is 207 Å². The van der Waals surface area contributed by atoms with Gasteiger partial charge in [-0.25, -0.2) is 0 Å². The monoisotopic (exact) mass is 1050 g/mol. The van der Waals surface area contributed by atoms with E-state index in [9.17, 15) is 24.0 Å². The molecule has 4 amide bonds. The number of unbranched alkanes of at least 4 members (excludes halogenated alkanes) is 6. The van der Waals surface area contributed by atoms with E-state index < -0.39 is 0 Å². The number of rotatable bonds is 26. The van der Waals surface area contributed by atoms with Gasteiger partial charge in [0.05, 0.1) is 17.8 Å². The number of benzene rings is 6. The maximum absolute atomic E-state index is 13.1. The van der Waals surface area contributed by atoms with Gasteiger partial charge in [0.15, 0.2) is 11.6 Å². The van der Waals surface area contributed by atoms with E-state index in [4.69, 9.17) is 0 Å². The summed E-state index contributed by atoms with van der Waals surface area (Å²) in [7, 11) is 0. The average Bonchev–Trinajstić information content (AvgIpc) is 4.11. The number of aromatic nitrogens is 6. The van der Waals surface area contributed by atoms with E-state index in [0.717, 1.165) is 73.7 Å². The predicted octanol–water partition coefficient (Wildman–Crippen LogP) is 11.7. The van der Waals surface area contributed by atoms with Crippen LogP contribution in [0, 0.1) is 0 Å². The third-order valence-corrected chi connectivity index (χ3v) is 12.4. The van der Waals surface area contributed by atoms with Crippen LogP contribution in [0.4, 0.5) is 17.8 Å². The van der Waals surface area contributed by atoms with Crippen LogP contribution in [-0.2, 0) is 29.1 Å². The number of hydrogen-bond donors (Lipinski definition) is 5. The molecule has 0 bridgehead atoms. The lowest BCUT2D eigenvalue weighted by Crippen LogP contribution is -2.22. The van der Waals surface area contributed by atoms with Crippen molar-refractivity contribution in [2.24, 2.45) is 0 Å². The van der Waals surface area contributed by atoms with Gasteiger partial charge in [-0.2, -0.15) is 19.3 Å². The van der Waals surface area contributed by atoms with Crippen LogP contribution in [0.25, 0.3) is 17.1 Å². The molecule has 0 radical (unpaired) electrons. The molecular formula is C62H67N11O5. The second-order valence-corrected chi connectivity index (χ2v) is 18.5. The molecule has 8 aromatic rings. The van der Waals surface area contributed by atoms with Crippen molar-refractivity contribution in [1.29, 1.82) is 0 Å². The van der Waals surface area contributed by atoms with Gasteiger partial charge in [0.2, 0.25) is 29.7 Å². The molecule has 0 saturated heterocycles. The Morgan fingerprint density at radius 1 is 0.449 bits per heavy atom. The highest BCUT2D eigenvalue weighted by Gasteiger charge is 2.20. The molecule has 6 aromatic carbocycles. The van der Waals surface area contributed by atoms with E-state index in [2.05, 4.69) is 67.2 Å². The molecule has 0 unspecified atom stereocenters. The Balaban J connectivity index is 0.000000226. The van der Waals surface area contributed by atoms with Crippen LogP contribution in [0.15, 0.2) is 176 Å². The molecule has 0 atom stereocenters. The quantitative estimate of drug-likeness (QED) is 0.0256. The van der Waals surface area contributed by atoms with Gasteiger partial charge in [0.1, 0.15) is 0 Å². The largest absolute Gasteiger partial charge is 0.352 e. The highest BCUT2D eigenvalue weighted by molar-refractivity contribution is 6.04. The lowest BCUT2D eigenvalue weighted by atomic mass is 10.1. The molecule has 0 saturated carbocycles. The van der Waals surface area contributed by atoms with Gasteiger partial charge in [0, 0.05) is 48.3 Å². The number of carbonyl (C=O) groups excluding carboxylic acids is 5. The maximum Gasteiger partial charge on any atom is 0.258 e. The van der Waals surface area contributed by atoms with Crippen molar-refractivity contribution in [2.45, 2.75) is 97.6 Å². The molecule has 5 N–H and O–H groups in total. The molecule has 78 heavy (non-hydrogen) atoms. The Hall–Kier alpha value is -9.31. The number of ketones is 1. The molecule has 0 spiro atoms. The second-order valence-electron chi connectivity index (χ2n) is 18.5. The van der Waals surface area contributed by atoms with Crippen LogP contribution >= 0.6 is 0 Å². The van der Waals surface area contributed by atoms with E-state index >= 15 is 0 Å². The molecule has 0 fully saturated rings. The number of hydrogen-bond acceptors (Lipinski definition) is 10. The molecule has 2 heterocycles. The molecule has 16 heteroatoms. The number of nitrogens with zero attached hydrogens (tertiary/aromatic N) is 6. The Labute approximate surface area is 455 Å². The molecule has 0 aliphatic heterocycles. The van der Waals surface area contributed by atoms with E-state index in [0.29, 0.717) is 65.8 Å². The fourth-order valence-electron chi connectivity index (χ4n) is 8.07. The summed E-state index contributed by atoms with van der Waals surface area (Å²) in [5, 5.41) is 23.8. The van der Waals surface area contributed by atoms with Gasteiger partial charge in [-0.3, -0.25) is 34.6 Å². The molecule has 8 rings (SSSR count). The summed E-state index contributed by atoms with van der Waals surface area (Å²) in [6, 6.07) is 51.6. The minimum Gasteiger partial charge on any atom is -0.352 e. The standard InChI is InChI=1S/C31H34N6O2.C31H33N5O3/c1-3-4-5-12-17-28(38)32-22-24-18-20-26(21-19-24)29(39)34-31-35-30(33-23(2)25-13-8-6-9-14-25)36-37(31)27-15-10-7-11-16-27;1-2-3-4-11-16-29(38)32-22-23-17-19-24(20-18-23)27(37)21-28-33-31(34-30(39)25-12-7-5-8-13-25)36(35-28)26-14-9-6-10-15-26/h6-11,13-16,18-21H,2-5,12,17,22H2,1H3,(H,32,38)(H2,33,34,35,36,39);5-10,12-15,17-20H,2-4,11,16,21-22H2,1H3,(H,32,38)(H,33,34,35,39). The first kappa shape index (κ1) is 56.4. The van der Waals surface area contributed by atoms with Crippen molar-refractivity contribution in [2.75, 3.05) is 16.0 Å². The van der Waals surface area contributed by atoms with Crippen LogP contribution in [0.2, 0.25) is 0 Å². The minimum atomic E-state index is -0.320. The van der Waals surface area contributed by atoms with Gasteiger partial charge in [-0.15, -0.1) is 10.2 Å². The fraction of sp³-hybridized carbons (Fsp3) is 0.242. The number of Topliss-reactive ketones (excluding diaryl/α,β-unsaturated/α-hetero) is 1. The van der Waals surface area contributed by atoms with E-state index in [-0.39, 0.29) is 47.7 Å².